The first kappa shape index (κ1) is 16.3. The fraction of sp³-hybridized carbons (Fsp3) is 0.250. The molecular formula is C20H17N3O3S. The Kier molecular flexibility index (Phi) is 4.01. The Bertz CT molecular complexity index is 1000. The highest BCUT2D eigenvalue weighted by Gasteiger charge is 2.28. The molecule has 0 saturated heterocycles. The molecule has 1 atom stereocenters. The van der Waals surface area contributed by atoms with Crippen LogP contribution in [0.15, 0.2) is 42.6 Å². The third-order valence-electron chi connectivity index (χ3n) is 4.83. The van der Waals surface area contributed by atoms with E-state index in [4.69, 9.17) is 14.5 Å². The number of aromatic nitrogens is 2. The highest BCUT2D eigenvalue weighted by molar-refractivity contribution is 7.15. The SMILES string of the molecule is O=C(Nc1ccc2c(c1)OCO2)C1CCc2nc(-c3ccccn3)sc2C1. The van der Waals surface area contributed by atoms with Crippen LogP contribution in [0.5, 0.6) is 11.5 Å². The molecule has 5 rings (SSSR count). The molecule has 1 N–H and O–H groups in total. The lowest BCUT2D eigenvalue weighted by atomic mass is 9.90. The van der Waals surface area contributed by atoms with Gasteiger partial charge in [-0.15, -0.1) is 11.3 Å². The van der Waals surface area contributed by atoms with E-state index in [1.807, 2.05) is 30.3 Å². The predicted octanol–water partition coefficient (Wildman–Crippen LogP) is 3.68. The van der Waals surface area contributed by atoms with Gasteiger partial charge in [0.2, 0.25) is 12.7 Å². The van der Waals surface area contributed by atoms with Crippen LogP contribution in [-0.2, 0) is 17.6 Å². The number of amides is 1. The minimum atomic E-state index is -0.0556. The lowest BCUT2D eigenvalue weighted by molar-refractivity contribution is -0.120. The number of nitrogens with zero attached hydrogens (tertiary/aromatic N) is 2. The van der Waals surface area contributed by atoms with E-state index in [9.17, 15) is 4.79 Å². The molecule has 136 valence electrons. The number of aryl methyl sites for hydroxylation is 1. The first-order chi connectivity index (χ1) is 13.3. The topological polar surface area (TPSA) is 73.3 Å². The summed E-state index contributed by atoms with van der Waals surface area (Å²) in [7, 11) is 0. The molecule has 3 heterocycles. The summed E-state index contributed by atoms with van der Waals surface area (Å²) in [4.78, 5) is 23.0. The molecule has 0 saturated carbocycles. The number of benzene rings is 1. The number of fused-ring (bicyclic) bond motifs is 2. The monoisotopic (exact) mass is 379 g/mol. The summed E-state index contributed by atoms with van der Waals surface area (Å²) in [5.74, 6) is 1.36. The molecule has 0 bridgehead atoms. The Labute approximate surface area is 160 Å². The molecule has 0 radical (unpaired) electrons. The number of ether oxygens (including phenoxy) is 2. The van der Waals surface area contributed by atoms with Crippen LogP contribution in [0.1, 0.15) is 17.0 Å². The van der Waals surface area contributed by atoms with Crippen LogP contribution >= 0.6 is 11.3 Å². The molecule has 0 fully saturated rings. The number of carbonyl (C=O) groups is 1. The maximum absolute atomic E-state index is 12.7. The number of nitrogens with one attached hydrogen (secondary N) is 1. The van der Waals surface area contributed by atoms with E-state index in [1.54, 1.807) is 23.6 Å². The lowest BCUT2D eigenvalue weighted by Gasteiger charge is -2.20. The van der Waals surface area contributed by atoms with Crippen molar-refractivity contribution in [1.29, 1.82) is 0 Å². The second kappa shape index (κ2) is 6.66. The minimum absolute atomic E-state index is 0.0345. The van der Waals surface area contributed by atoms with Crippen molar-refractivity contribution in [3.63, 3.8) is 0 Å². The van der Waals surface area contributed by atoms with E-state index in [0.717, 1.165) is 41.3 Å². The van der Waals surface area contributed by atoms with E-state index in [2.05, 4.69) is 10.3 Å². The van der Waals surface area contributed by atoms with Crippen LogP contribution < -0.4 is 14.8 Å². The van der Waals surface area contributed by atoms with Gasteiger partial charge in [0, 0.05) is 28.7 Å². The van der Waals surface area contributed by atoms with Gasteiger partial charge in [0.05, 0.1) is 11.4 Å². The number of thiazole rings is 1. The van der Waals surface area contributed by atoms with Gasteiger partial charge in [0.25, 0.3) is 0 Å². The Morgan fingerprint density at radius 1 is 1.19 bits per heavy atom. The molecule has 6 nitrogen and oxygen atoms in total. The summed E-state index contributed by atoms with van der Waals surface area (Å²) in [6.07, 6.45) is 4.11. The van der Waals surface area contributed by atoms with E-state index in [0.29, 0.717) is 11.5 Å². The second-order valence-corrected chi connectivity index (χ2v) is 7.68. The van der Waals surface area contributed by atoms with Gasteiger partial charge < -0.3 is 14.8 Å². The number of hydrogen-bond donors (Lipinski definition) is 1. The summed E-state index contributed by atoms with van der Waals surface area (Å²) in [6, 6.07) is 11.3. The molecule has 7 heteroatoms. The van der Waals surface area contributed by atoms with Crippen molar-refractivity contribution in [3.8, 4) is 22.2 Å². The Morgan fingerprint density at radius 2 is 2.11 bits per heavy atom. The summed E-state index contributed by atoms with van der Waals surface area (Å²) in [5.41, 5.74) is 2.72. The largest absolute Gasteiger partial charge is 0.454 e. The Hall–Kier alpha value is -2.93. The minimum Gasteiger partial charge on any atom is -0.454 e. The molecule has 1 aromatic carbocycles. The number of anilines is 1. The van der Waals surface area contributed by atoms with Crippen molar-refractivity contribution in [2.45, 2.75) is 19.3 Å². The number of rotatable bonds is 3. The van der Waals surface area contributed by atoms with Crippen LogP contribution in [0.2, 0.25) is 0 Å². The van der Waals surface area contributed by atoms with Crippen LogP contribution in [0.3, 0.4) is 0 Å². The van der Waals surface area contributed by atoms with E-state index >= 15 is 0 Å². The molecule has 3 aromatic rings. The van der Waals surface area contributed by atoms with E-state index in [-0.39, 0.29) is 18.6 Å². The zero-order valence-electron chi connectivity index (χ0n) is 14.5. The zero-order valence-corrected chi connectivity index (χ0v) is 15.3. The maximum Gasteiger partial charge on any atom is 0.231 e. The quantitative estimate of drug-likeness (QED) is 0.752. The third-order valence-corrected chi connectivity index (χ3v) is 5.98. The third kappa shape index (κ3) is 3.14. The average molecular weight is 379 g/mol. The fourth-order valence-electron chi connectivity index (χ4n) is 3.42. The van der Waals surface area contributed by atoms with E-state index < -0.39 is 0 Å². The highest BCUT2D eigenvalue weighted by Crippen LogP contribution is 2.36. The Morgan fingerprint density at radius 3 is 3.00 bits per heavy atom. The molecular weight excluding hydrogens is 362 g/mol. The number of hydrogen-bond acceptors (Lipinski definition) is 6. The smallest absolute Gasteiger partial charge is 0.231 e. The van der Waals surface area contributed by atoms with Gasteiger partial charge in [-0.1, -0.05) is 6.07 Å². The predicted molar refractivity (Wildman–Crippen MR) is 102 cm³/mol. The van der Waals surface area contributed by atoms with Crippen LogP contribution in [-0.4, -0.2) is 22.7 Å². The molecule has 27 heavy (non-hydrogen) atoms. The second-order valence-electron chi connectivity index (χ2n) is 6.60. The standard InChI is InChI=1S/C20H17N3O3S/c24-19(22-13-5-7-16-17(10-13)26-11-25-16)12-4-6-14-18(9-12)27-20(23-14)15-3-1-2-8-21-15/h1-3,5,7-8,10,12H,4,6,9,11H2,(H,22,24). The fourth-order valence-corrected chi connectivity index (χ4v) is 4.58. The molecule has 1 unspecified atom stereocenters. The average Bonchev–Trinajstić information content (AvgIpc) is 3.34. The molecule has 1 aliphatic heterocycles. The maximum atomic E-state index is 12.7. The number of carbonyl (C=O) groups excluding carboxylic acids is 1. The van der Waals surface area contributed by atoms with Crippen LogP contribution in [0.4, 0.5) is 5.69 Å². The summed E-state index contributed by atoms with van der Waals surface area (Å²) < 4.78 is 10.7. The zero-order chi connectivity index (χ0) is 18.2. The first-order valence-corrected chi connectivity index (χ1v) is 9.68. The highest BCUT2D eigenvalue weighted by atomic mass is 32.1. The summed E-state index contributed by atoms with van der Waals surface area (Å²) in [5, 5.41) is 3.94. The molecule has 0 spiro atoms. The van der Waals surface area contributed by atoms with Gasteiger partial charge in [0.15, 0.2) is 11.5 Å². The van der Waals surface area contributed by atoms with Crippen molar-refractivity contribution in [1.82, 2.24) is 9.97 Å². The normalized spacial score (nSPS) is 17.4. The van der Waals surface area contributed by atoms with Crippen molar-refractivity contribution >= 4 is 22.9 Å². The Balaban J connectivity index is 1.30. The molecule has 1 amide bonds. The van der Waals surface area contributed by atoms with Crippen molar-refractivity contribution < 1.29 is 14.3 Å². The van der Waals surface area contributed by atoms with Gasteiger partial charge in [-0.25, -0.2) is 4.98 Å². The van der Waals surface area contributed by atoms with E-state index in [1.165, 1.54) is 4.88 Å². The van der Waals surface area contributed by atoms with Gasteiger partial charge in [-0.2, -0.15) is 0 Å². The van der Waals surface area contributed by atoms with Gasteiger partial charge in [-0.05, 0) is 43.5 Å². The van der Waals surface area contributed by atoms with Crippen LogP contribution in [0.25, 0.3) is 10.7 Å². The lowest BCUT2D eigenvalue weighted by Crippen LogP contribution is -2.27. The first-order valence-electron chi connectivity index (χ1n) is 8.87. The molecule has 1 aliphatic carbocycles. The van der Waals surface area contributed by atoms with Gasteiger partial charge in [-0.3, -0.25) is 9.78 Å². The van der Waals surface area contributed by atoms with Crippen molar-refractivity contribution in [2.75, 3.05) is 12.1 Å². The summed E-state index contributed by atoms with van der Waals surface area (Å²) in [6.45, 7) is 0.224. The van der Waals surface area contributed by atoms with Crippen molar-refractivity contribution in [3.05, 3.63) is 53.2 Å². The van der Waals surface area contributed by atoms with Gasteiger partial charge >= 0.3 is 0 Å². The van der Waals surface area contributed by atoms with Crippen LogP contribution in [0, 0.1) is 5.92 Å². The number of pyridine rings is 1. The van der Waals surface area contributed by atoms with Crippen molar-refractivity contribution in [2.24, 2.45) is 5.92 Å². The summed E-state index contributed by atoms with van der Waals surface area (Å²) >= 11 is 1.64. The van der Waals surface area contributed by atoms with Gasteiger partial charge in [0.1, 0.15) is 5.01 Å². The molecule has 2 aromatic heterocycles. The molecule has 2 aliphatic rings.